The van der Waals surface area contributed by atoms with E-state index in [1.54, 1.807) is 17.9 Å². The fourth-order valence-corrected chi connectivity index (χ4v) is 2.58. The molecule has 7 heteroatoms. The Morgan fingerprint density at radius 3 is 2.57 bits per heavy atom. The zero-order valence-corrected chi connectivity index (χ0v) is 12.0. The van der Waals surface area contributed by atoms with Crippen molar-refractivity contribution in [2.45, 2.75) is 31.7 Å². The number of amides is 1. The summed E-state index contributed by atoms with van der Waals surface area (Å²) >= 11 is 0. The molecule has 1 saturated carbocycles. The Balaban J connectivity index is 1.58. The highest BCUT2D eigenvalue weighted by Crippen LogP contribution is 2.40. The SMILES string of the molecule is CC(C(=O)O)N1CCN(C(=O)c2cc(C3CC3)on2)CC1. The van der Waals surface area contributed by atoms with Crippen molar-refractivity contribution in [3.63, 3.8) is 0 Å². The molecule has 1 unspecified atom stereocenters. The van der Waals surface area contributed by atoms with Crippen molar-refractivity contribution < 1.29 is 19.2 Å². The Hall–Kier alpha value is -1.89. The zero-order valence-electron chi connectivity index (χ0n) is 12.0. The van der Waals surface area contributed by atoms with Crippen LogP contribution in [0.25, 0.3) is 0 Å². The molecule has 0 spiro atoms. The van der Waals surface area contributed by atoms with E-state index in [9.17, 15) is 9.59 Å². The van der Waals surface area contributed by atoms with E-state index in [0.717, 1.165) is 18.6 Å². The minimum absolute atomic E-state index is 0.131. The molecule has 3 rings (SSSR count). The summed E-state index contributed by atoms with van der Waals surface area (Å²) in [6.07, 6.45) is 2.21. The molecule has 0 aromatic carbocycles. The van der Waals surface area contributed by atoms with Crippen LogP contribution in [0.4, 0.5) is 0 Å². The number of rotatable bonds is 4. The van der Waals surface area contributed by atoms with Gasteiger partial charge in [0.05, 0.1) is 0 Å². The highest BCUT2D eigenvalue weighted by atomic mass is 16.5. The summed E-state index contributed by atoms with van der Waals surface area (Å²) in [5.41, 5.74) is 0.358. The lowest BCUT2D eigenvalue weighted by molar-refractivity contribution is -0.143. The van der Waals surface area contributed by atoms with E-state index >= 15 is 0 Å². The number of hydrogen-bond acceptors (Lipinski definition) is 5. The van der Waals surface area contributed by atoms with E-state index in [0.29, 0.717) is 37.8 Å². The molecule has 0 bridgehead atoms. The molecule has 1 saturated heterocycles. The quantitative estimate of drug-likeness (QED) is 0.883. The summed E-state index contributed by atoms with van der Waals surface area (Å²) in [4.78, 5) is 26.9. The molecule has 0 radical (unpaired) electrons. The fourth-order valence-electron chi connectivity index (χ4n) is 2.58. The summed E-state index contributed by atoms with van der Waals surface area (Å²) in [7, 11) is 0. The van der Waals surface area contributed by atoms with Crippen molar-refractivity contribution in [3.8, 4) is 0 Å². The monoisotopic (exact) mass is 293 g/mol. The molecule has 1 atom stereocenters. The van der Waals surface area contributed by atoms with Gasteiger partial charge in [0.1, 0.15) is 11.8 Å². The van der Waals surface area contributed by atoms with Gasteiger partial charge in [0.15, 0.2) is 5.69 Å². The number of carboxylic acid groups (broad SMARTS) is 1. The van der Waals surface area contributed by atoms with Crippen LogP contribution < -0.4 is 0 Å². The number of hydrogen-bond donors (Lipinski definition) is 1. The van der Waals surface area contributed by atoms with Gasteiger partial charge in [0.25, 0.3) is 5.91 Å². The number of carboxylic acids is 1. The third-order valence-corrected chi connectivity index (χ3v) is 4.23. The molecular weight excluding hydrogens is 274 g/mol. The largest absolute Gasteiger partial charge is 0.480 e. The first-order valence-corrected chi connectivity index (χ1v) is 7.29. The van der Waals surface area contributed by atoms with Crippen molar-refractivity contribution in [1.82, 2.24) is 15.0 Å². The van der Waals surface area contributed by atoms with Crippen LogP contribution in [0.1, 0.15) is 41.9 Å². The van der Waals surface area contributed by atoms with Crippen molar-refractivity contribution >= 4 is 11.9 Å². The summed E-state index contributed by atoms with van der Waals surface area (Å²) < 4.78 is 5.21. The molecule has 114 valence electrons. The van der Waals surface area contributed by atoms with Gasteiger partial charge in [0, 0.05) is 38.2 Å². The van der Waals surface area contributed by atoms with Crippen molar-refractivity contribution in [2.75, 3.05) is 26.2 Å². The Labute approximate surface area is 122 Å². The fraction of sp³-hybridized carbons (Fsp3) is 0.643. The van der Waals surface area contributed by atoms with Gasteiger partial charge in [0.2, 0.25) is 0 Å². The predicted molar refractivity (Wildman–Crippen MR) is 73.1 cm³/mol. The summed E-state index contributed by atoms with van der Waals surface area (Å²) in [5.74, 6) is 0.275. The van der Waals surface area contributed by atoms with E-state index in [1.807, 2.05) is 4.90 Å². The molecule has 1 N–H and O–H groups in total. The van der Waals surface area contributed by atoms with E-state index < -0.39 is 12.0 Å². The van der Waals surface area contributed by atoms with Gasteiger partial charge < -0.3 is 14.5 Å². The van der Waals surface area contributed by atoms with Crippen LogP contribution >= 0.6 is 0 Å². The van der Waals surface area contributed by atoms with Gasteiger partial charge in [-0.1, -0.05) is 5.16 Å². The Morgan fingerprint density at radius 1 is 1.33 bits per heavy atom. The third kappa shape index (κ3) is 2.92. The summed E-state index contributed by atoms with van der Waals surface area (Å²) in [6.45, 7) is 3.82. The van der Waals surface area contributed by atoms with Gasteiger partial charge in [-0.3, -0.25) is 14.5 Å². The van der Waals surface area contributed by atoms with Gasteiger partial charge in [-0.15, -0.1) is 0 Å². The number of carbonyl (C=O) groups is 2. The van der Waals surface area contributed by atoms with Crippen LogP contribution in [0, 0.1) is 0 Å². The molecule has 2 aliphatic rings. The highest BCUT2D eigenvalue weighted by Gasteiger charge is 2.31. The molecule has 1 aromatic rings. The van der Waals surface area contributed by atoms with Crippen molar-refractivity contribution in [3.05, 3.63) is 17.5 Å². The maximum atomic E-state index is 12.3. The molecular formula is C14H19N3O4. The Kier molecular flexibility index (Phi) is 3.67. The van der Waals surface area contributed by atoms with Gasteiger partial charge >= 0.3 is 5.97 Å². The number of carbonyl (C=O) groups excluding carboxylic acids is 1. The van der Waals surface area contributed by atoms with Crippen LogP contribution in [0.2, 0.25) is 0 Å². The van der Waals surface area contributed by atoms with E-state index in [2.05, 4.69) is 5.16 Å². The molecule has 1 aromatic heterocycles. The molecule has 1 aliphatic carbocycles. The minimum atomic E-state index is -0.833. The second-order valence-electron chi connectivity index (χ2n) is 5.73. The normalized spacial score (nSPS) is 21.3. The average Bonchev–Trinajstić information content (AvgIpc) is 3.23. The van der Waals surface area contributed by atoms with Crippen molar-refractivity contribution in [1.29, 1.82) is 0 Å². The van der Waals surface area contributed by atoms with E-state index in [-0.39, 0.29) is 5.91 Å². The lowest BCUT2D eigenvalue weighted by Gasteiger charge is -2.36. The minimum Gasteiger partial charge on any atom is -0.480 e. The standard InChI is InChI=1S/C14H19N3O4/c1-9(14(19)20)16-4-6-17(7-5-16)13(18)11-8-12(21-15-11)10-2-3-10/h8-10H,2-7H2,1H3,(H,19,20). The maximum Gasteiger partial charge on any atom is 0.320 e. The van der Waals surface area contributed by atoms with Crippen LogP contribution in [-0.2, 0) is 4.79 Å². The Morgan fingerprint density at radius 2 is 2.00 bits per heavy atom. The topological polar surface area (TPSA) is 86.9 Å². The van der Waals surface area contributed by atoms with E-state index in [1.165, 1.54) is 0 Å². The molecule has 7 nitrogen and oxygen atoms in total. The molecule has 2 fully saturated rings. The molecule has 21 heavy (non-hydrogen) atoms. The average molecular weight is 293 g/mol. The first kappa shape index (κ1) is 14.1. The third-order valence-electron chi connectivity index (χ3n) is 4.23. The first-order valence-electron chi connectivity index (χ1n) is 7.29. The van der Waals surface area contributed by atoms with Gasteiger partial charge in [-0.05, 0) is 19.8 Å². The second kappa shape index (κ2) is 5.48. The van der Waals surface area contributed by atoms with Gasteiger partial charge in [-0.25, -0.2) is 0 Å². The van der Waals surface area contributed by atoms with Crippen molar-refractivity contribution in [2.24, 2.45) is 0 Å². The number of aromatic nitrogens is 1. The highest BCUT2D eigenvalue weighted by molar-refractivity contribution is 5.92. The Bertz CT molecular complexity index is 544. The van der Waals surface area contributed by atoms with Crippen LogP contribution in [0.3, 0.4) is 0 Å². The smallest absolute Gasteiger partial charge is 0.320 e. The maximum absolute atomic E-state index is 12.3. The molecule has 2 heterocycles. The van der Waals surface area contributed by atoms with Gasteiger partial charge in [-0.2, -0.15) is 0 Å². The second-order valence-corrected chi connectivity index (χ2v) is 5.73. The number of nitrogens with zero attached hydrogens (tertiary/aromatic N) is 3. The lowest BCUT2D eigenvalue weighted by Crippen LogP contribution is -2.53. The van der Waals surface area contributed by atoms with Crippen LogP contribution in [0.5, 0.6) is 0 Å². The lowest BCUT2D eigenvalue weighted by atomic mass is 10.2. The zero-order chi connectivity index (χ0) is 15.0. The molecule has 1 amide bonds. The molecule has 1 aliphatic heterocycles. The number of piperazine rings is 1. The summed E-state index contributed by atoms with van der Waals surface area (Å²) in [5, 5.41) is 12.9. The van der Waals surface area contributed by atoms with Crippen LogP contribution in [-0.4, -0.2) is 64.2 Å². The predicted octanol–water partition coefficient (Wildman–Crippen LogP) is 0.783. The summed E-state index contributed by atoms with van der Waals surface area (Å²) in [6, 6.07) is 1.22. The first-order chi connectivity index (χ1) is 10.1. The van der Waals surface area contributed by atoms with Crippen LogP contribution in [0.15, 0.2) is 10.6 Å². The van der Waals surface area contributed by atoms with E-state index in [4.69, 9.17) is 9.63 Å². The number of aliphatic carboxylic acids is 1.